The van der Waals surface area contributed by atoms with Crippen LogP contribution in [0.4, 0.5) is 0 Å². The Balaban J connectivity index is 2.54. The first-order chi connectivity index (χ1) is 2.27. The minimum atomic E-state index is 1.62. The molecule has 0 atom stereocenters. The lowest BCUT2D eigenvalue weighted by Gasteiger charge is -2.01. The van der Waals surface area contributed by atoms with Gasteiger partial charge < -0.3 is 4.84 Å². The minimum absolute atomic E-state index is 1.62. The maximum atomic E-state index is 4.58. The molecule has 0 spiro atoms. The number of hydrogen-bond donors (Lipinski definition) is 0. The van der Waals surface area contributed by atoms with Gasteiger partial charge in [0.1, 0.15) is 0 Å². The first kappa shape index (κ1) is 4.98. The number of rotatable bonds is 1. The molecule has 0 radical (unpaired) electrons. The summed E-state index contributed by atoms with van der Waals surface area (Å²) in [6.45, 7) is 0. The van der Waals surface area contributed by atoms with Crippen LogP contribution in [-0.4, -0.2) is 27.1 Å². The van der Waals surface area contributed by atoms with Crippen LogP contribution in [0.2, 0.25) is 0 Å². The Kier molecular flexibility index (Phi) is 2.23. The molecule has 0 amide bonds. The Bertz CT molecular complexity index is 23.6. The molecule has 0 aromatic rings. The normalized spacial score (nSPS) is 9.40. The largest absolute Gasteiger partial charge is 0.315 e. The molecule has 2 nitrogen and oxygen atoms in total. The van der Waals surface area contributed by atoms with Gasteiger partial charge in [-0.05, 0) is 7.05 Å². The number of hydrogen-bond acceptors (Lipinski definition) is 2. The van der Waals surface area contributed by atoms with Gasteiger partial charge in [0.25, 0.3) is 0 Å². The van der Waals surface area contributed by atoms with Gasteiger partial charge >= 0.3 is 0 Å². The molecule has 0 aliphatic rings. The predicted octanol–water partition coefficient (Wildman–Crippen LogP) is -0.972. The SMILES string of the molecule is BN(C)OC. The Morgan fingerprint density at radius 1 is 1.80 bits per heavy atom. The molecule has 0 unspecified atom stereocenters. The summed E-state index contributed by atoms with van der Waals surface area (Å²) in [5.41, 5.74) is 0. The van der Waals surface area contributed by atoms with Crippen molar-refractivity contribution in [2.45, 2.75) is 0 Å². The average Bonchev–Trinajstić information content (AvgIpc) is 1.38. The van der Waals surface area contributed by atoms with Gasteiger partial charge in [0.05, 0.1) is 7.11 Å². The first-order valence-corrected chi connectivity index (χ1v) is 1.49. The highest BCUT2D eigenvalue weighted by atomic mass is 16.7. The number of hydroxylamine groups is 1. The van der Waals surface area contributed by atoms with E-state index >= 15 is 0 Å². The van der Waals surface area contributed by atoms with Gasteiger partial charge in [0.15, 0.2) is 0 Å². The molecule has 3 heteroatoms. The van der Waals surface area contributed by atoms with E-state index in [0.29, 0.717) is 0 Å². The van der Waals surface area contributed by atoms with Gasteiger partial charge in [-0.25, -0.2) is 4.97 Å². The minimum Gasteiger partial charge on any atom is -0.315 e. The van der Waals surface area contributed by atoms with Gasteiger partial charge in [-0.2, -0.15) is 0 Å². The summed E-state index contributed by atoms with van der Waals surface area (Å²) in [6.07, 6.45) is 0. The third-order valence-corrected chi connectivity index (χ3v) is 0.365. The van der Waals surface area contributed by atoms with Gasteiger partial charge in [0.2, 0.25) is 7.98 Å². The van der Waals surface area contributed by atoms with E-state index in [4.69, 9.17) is 0 Å². The molecule has 0 aliphatic heterocycles. The van der Waals surface area contributed by atoms with Crippen LogP contribution in [0.15, 0.2) is 0 Å². The summed E-state index contributed by atoms with van der Waals surface area (Å²) in [5, 5.41) is 0. The zero-order valence-electron chi connectivity index (χ0n) is 3.86. The van der Waals surface area contributed by atoms with Crippen LogP contribution in [0.25, 0.3) is 0 Å². The second-order valence-corrected chi connectivity index (χ2v) is 0.995. The molecule has 30 valence electrons. The van der Waals surface area contributed by atoms with E-state index in [9.17, 15) is 0 Å². The fourth-order valence-corrected chi connectivity index (χ4v) is 0. The van der Waals surface area contributed by atoms with Crippen molar-refractivity contribution in [3.05, 3.63) is 0 Å². The smallest absolute Gasteiger partial charge is 0.220 e. The Morgan fingerprint density at radius 3 is 2.00 bits per heavy atom. The maximum Gasteiger partial charge on any atom is 0.220 e. The fraction of sp³-hybridized carbons (Fsp3) is 1.00. The molecule has 5 heavy (non-hydrogen) atoms. The zero-order valence-corrected chi connectivity index (χ0v) is 3.86. The molecular formula is C2H8BNO. The molecular weight excluding hydrogens is 64.8 g/mol. The van der Waals surface area contributed by atoms with Crippen molar-refractivity contribution in [2.24, 2.45) is 0 Å². The maximum absolute atomic E-state index is 4.58. The highest BCUT2D eigenvalue weighted by molar-refractivity contribution is 6.03. The summed E-state index contributed by atoms with van der Waals surface area (Å²) >= 11 is 0. The monoisotopic (exact) mass is 73.1 g/mol. The van der Waals surface area contributed by atoms with E-state index in [2.05, 4.69) is 4.84 Å². The topological polar surface area (TPSA) is 12.5 Å². The van der Waals surface area contributed by atoms with Crippen LogP contribution < -0.4 is 0 Å². The van der Waals surface area contributed by atoms with Crippen molar-refractivity contribution in [1.29, 1.82) is 0 Å². The molecule has 0 bridgehead atoms. The van der Waals surface area contributed by atoms with Crippen molar-refractivity contribution in [3.8, 4) is 0 Å². The lowest BCUT2D eigenvalue weighted by Crippen LogP contribution is -2.10. The van der Waals surface area contributed by atoms with Gasteiger partial charge in [-0.15, -0.1) is 0 Å². The van der Waals surface area contributed by atoms with Gasteiger partial charge in [-0.1, -0.05) is 0 Å². The average molecular weight is 72.9 g/mol. The van der Waals surface area contributed by atoms with Crippen LogP contribution in [0.3, 0.4) is 0 Å². The summed E-state index contributed by atoms with van der Waals surface area (Å²) in [7, 11) is 5.29. The molecule has 0 heterocycles. The molecule has 0 aromatic carbocycles. The van der Waals surface area contributed by atoms with Crippen molar-refractivity contribution >= 4 is 7.98 Å². The van der Waals surface area contributed by atoms with Crippen molar-refractivity contribution in [3.63, 3.8) is 0 Å². The molecule has 0 N–H and O–H groups in total. The highest BCUT2D eigenvalue weighted by Gasteiger charge is 1.71. The number of nitrogens with zero attached hydrogens (tertiary/aromatic N) is 1. The lowest BCUT2D eigenvalue weighted by atomic mass is 10.4. The summed E-state index contributed by atoms with van der Waals surface area (Å²) in [6, 6.07) is 0. The van der Waals surface area contributed by atoms with E-state index in [1.165, 1.54) is 0 Å². The van der Waals surface area contributed by atoms with E-state index in [1.54, 1.807) is 12.1 Å². The Hall–Kier alpha value is -0.0151. The van der Waals surface area contributed by atoms with E-state index < -0.39 is 0 Å². The van der Waals surface area contributed by atoms with Crippen LogP contribution in [-0.2, 0) is 4.84 Å². The second kappa shape index (κ2) is 2.24. The Labute approximate surface area is 33.1 Å². The van der Waals surface area contributed by atoms with Crippen LogP contribution in [0.1, 0.15) is 0 Å². The quantitative estimate of drug-likeness (QED) is 0.292. The van der Waals surface area contributed by atoms with Crippen molar-refractivity contribution in [2.75, 3.05) is 14.2 Å². The predicted molar refractivity (Wildman–Crippen MR) is 23.3 cm³/mol. The first-order valence-electron chi connectivity index (χ1n) is 1.49. The summed E-state index contributed by atoms with van der Waals surface area (Å²) < 4.78 is 0. The van der Waals surface area contributed by atoms with Crippen molar-refractivity contribution in [1.82, 2.24) is 4.97 Å². The standard InChI is InChI=1S/C2H8BNO/c1-4(3)5-2/h3H2,1-2H3. The molecule has 0 fully saturated rings. The van der Waals surface area contributed by atoms with Crippen LogP contribution >= 0.6 is 0 Å². The van der Waals surface area contributed by atoms with Crippen LogP contribution in [0.5, 0.6) is 0 Å². The van der Waals surface area contributed by atoms with Gasteiger partial charge in [-0.3, -0.25) is 0 Å². The van der Waals surface area contributed by atoms with E-state index in [-0.39, 0.29) is 0 Å². The third-order valence-electron chi connectivity index (χ3n) is 0.365. The summed E-state index contributed by atoms with van der Waals surface area (Å²) in [4.78, 5) is 6.21. The molecule has 0 aromatic heterocycles. The second-order valence-electron chi connectivity index (χ2n) is 0.995. The molecule has 0 saturated carbocycles. The zero-order chi connectivity index (χ0) is 4.28. The van der Waals surface area contributed by atoms with Gasteiger partial charge in [0, 0.05) is 0 Å². The third kappa shape index (κ3) is 3.98. The molecule has 0 saturated heterocycles. The van der Waals surface area contributed by atoms with E-state index in [0.717, 1.165) is 0 Å². The lowest BCUT2D eigenvalue weighted by molar-refractivity contribution is -0.0251. The summed E-state index contributed by atoms with van der Waals surface area (Å²) in [5.74, 6) is 0. The fourth-order valence-electron chi connectivity index (χ4n) is 0. The molecule has 0 aliphatic carbocycles. The molecule has 0 rings (SSSR count). The van der Waals surface area contributed by atoms with Crippen LogP contribution in [0, 0.1) is 0 Å². The van der Waals surface area contributed by atoms with E-state index in [1.807, 2.05) is 15.0 Å². The highest BCUT2D eigenvalue weighted by Crippen LogP contribution is 1.62. The van der Waals surface area contributed by atoms with Crippen molar-refractivity contribution < 1.29 is 4.84 Å². The Morgan fingerprint density at radius 2 is 2.00 bits per heavy atom.